The number of carbonyl (C=O) groups excluding carboxylic acids is 1. The molecule has 0 heterocycles. The topological polar surface area (TPSA) is 57.6 Å². The first-order valence-electron chi connectivity index (χ1n) is 3.27. The number of carbonyl (C=O) groups is 2. The van der Waals surface area contributed by atoms with Gasteiger partial charge < -0.3 is 5.11 Å². The van der Waals surface area contributed by atoms with E-state index in [9.17, 15) is 9.59 Å². The minimum Gasteiger partial charge on any atom is -0.465 e. The van der Waals surface area contributed by atoms with Crippen molar-refractivity contribution in [3.63, 3.8) is 0 Å². The molecule has 0 radical (unpaired) electrons. The van der Waals surface area contributed by atoms with Crippen LogP contribution in [0.15, 0.2) is 0 Å². The summed E-state index contributed by atoms with van der Waals surface area (Å²) in [6, 6.07) is 0. The van der Waals surface area contributed by atoms with Crippen LogP contribution in [0.4, 0.5) is 4.79 Å². The summed E-state index contributed by atoms with van der Waals surface area (Å²) in [5, 5.41) is 8.45. The second kappa shape index (κ2) is 5.01. The molecule has 0 atom stereocenters. The average Bonchev–Trinajstić information content (AvgIpc) is 1.88. The summed E-state index contributed by atoms with van der Waals surface area (Å²) in [5.74, 6) is -0.0159. The van der Waals surface area contributed by atoms with Crippen molar-refractivity contribution in [2.75, 3.05) is 12.3 Å². The molecule has 64 valence electrons. The molecular formula is C6H11NO3S. The van der Waals surface area contributed by atoms with Crippen molar-refractivity contribution >= 4 is 24.6 Å². The number of rotatable bonds is 3. The Labute approximate surface area is 70.6 Å². The summed E-state index contributed by atoms with van der Waals surface area (Å²) in [7, 11) is 0. The molecule has 11 heavy (non-hydrogen) atoms. The van der Waals surface area contributed by atoms with Gasteiger partial charge in [0.1, 0.15) is 0 Å². The molecule has 5 heteroatoms. The normalized spacial score (nSPS) is 9.27. The first-order valence-corrected chi connectivity index (χ1v) is 3.90. The zero-order valence-electron chi connectivity index (χ0n) is 6.28. The lowest BCUT2D eigenvalue weighted by Gasteiger charge is -2.13. The number of carboxylic acid groups (broad SMARTS) is 1. The van der Waals surface area contributed by atoms with Crippen LogP contribution in [0.1, 0.15) is 13.3 Å². The van der Waals surface area contributed by atoms with Crippen molar-refractivity contribution in [1.29, 1.82) is 0 Å². The van der Waals surface area contributed by atoms with E-state index in [1.54, 1.807) is 6.92 Å². The molecule has 0 saturated heterocycles. The van der Waals surface area contributed by atoms with E-state index in [-0.39, 0.29) is 13.0 Å². The Kier molecular flexibility index (Phi) is 4.69. The van der Waals surface area contributed by atoms with Gasteiger partial charge in [-0.1, -0.05) is 0 Å². The molecule has 0 aliphatic heterocycles. The highest BCUT2D eigenvalue weighted by Gasteiger charge is 2.16. The maximum atomic E-state index is 10.9. The van der Waals surface area contributed by atoms with Crippen LogP contribution in [0.25, 0.3) is 0 Å². The summed E-state index contributed by atoms with van der Waals surface area (Å²) in [5.41, 5.74) is 0. The molecule has 0 aliphatic carbocycles. The highest BCUT2D eigenvalue weighted by atomic mass is 32.1. The average molecular weight is 177 g/mol. The minimum atomic E-state index is -1.20. The Morgan fingerprint density at radius 3 is 2.36 bits per heavy atom. The zero-order valence-corrected chi connectivity index (χ0v) is 7.17. The molecule has 4 nitrogen and oxygen atoms in total. The van der Waals surface area contributed by atoms with Crippen molar-refractivity contribution in [3.05, 3.63) is 0 Å². The van der Waals surface area contributed by atoms with Gasteiger partial charge in [0.05, 0.1) is 0 Å². The summed E-state index contributed by atoms with van der Waals surface area (Å²) in [6.07, 6.45) is -1.03. The number of imide groups is 1. The molecule has 0 aromatic carbocycles. The molecule has 0 unspecified atom stereocenters. The molecule has 0 bridgehead atoms. The van der Waals surface area contributed by atoms with E-state index in [0.29, 0.717) is 5.75 Å². The van der Waals surface area contributed by atoms with Gasteiger partial charge in [0.15, 0.2) is 0 Å². The largest absolute Gasteiger partial charge is 0.465 e. The second-order valence-electron chi connectivity index (χ2n) is 1.89. The molecule has 0 aromatic heterocycles. The molecule has 0 aliphatic rings. The van der Waals surface area contributed by atoms with Crippen molar-refractivity contribution in [2.45, 2.75) is 13.3 Å². The fourth-order valence-corrected chi connectivity index (χ4v) is 0.840. The van der Waals surface area contributed by atoms with Gasteiger partial charge in [0.25, 0.3) is 0 Å². The van der Waals surface area contributed by atoms with Crippen LogP contribution in [-0.4, -0.2) is 34.3 Å². The third kappa shape index (κ3) is 3.27. The van der Waals surface area contributed by atoms with Crippen molar-refractivity contribution in [1.82, 2.24) is 4.90 Å². The standard InChI is InChI=1S/C6H11NO3S/c1-2-7(6(9)10)5(8)3-4-11/h11H,2-4H2,1H3,(H,9,10). The first kappa shape index (κ1) is 10.3. The molecule has 0 spiro atoms. The van der Waals surface area contributed by atoms with Gasteiger partial charge in [-0.05, 0) is 12.7 Å². The van der Waals surface area contributed by atoms with E-state index >= 15 is 0 Å². The number of hydrogen-bond donors (Lipinski definition) is 2. The highest BCUT2D eigenvalue weighted by molar-refractivity contribution is 7.80. The molecule has 0 rings (SSSR count). The zero-order chi connectivity index (χ0) is 8.85. The lowest BCUT2D eigenvalue weighted by molar-refractivity contribution is -0.128. The van der Waals surface area contributed by atoms with Crippen LogP contribution in [0.2, 0.25) is 0 Å². The third-order valence-corrected chi connectivity index (χ3v) is 1.40. The summed E-state index contributed by atoms with van der Waals surface area (Å²) in [4.78, 5) is 22.0. The van der Waals surface area contributed by atoms with E-state index in [1.165, 1.54) is 0 Å². The maximum Gasteiger partial charge on any atom is 0.414 e. The van der Waals surface area contributed by atoms with Crippen molar-refractivity contribution < 1.29 is 14.7 Å². The monoisotopic (exact) mass is 177 g/mol. The Bertz CT molecular complexity index is 160. The van der Waals surface area contributed by atoms with Gasteiger partial charge in [-0.2, -0.15) is 12.6 Å². The van der Waals surface area contributed by atoms with E-state index in [4.69, 9.17) is 5.11 Å². The van der Waals surface area contributed by atoms with Gasteiger partial charge in [-0.15, -0.1) is 0 Å². The van der Waals surface area contributed by atoms with Gasteiger partial charge >= 0.3 is 6.09 Å². The Hall–Kier alpha value is -0.710. The summed E-state index contributed by atoms with van der Waals surface area (Å²) >= 11 is 3.82. The SMILES string of the molecule is CCN(C(=O)O)C(=O)CCS. The van der Waals surface area contributed by atoms with Gasteiger partial charge in [-0.25, -0.2) is 9.69 Å². The lowest BCUT2D eigenvalue weighted by Crippen LogP contribution is -2.35. The smallest absolute Gasteiger partial charge is 0.414 e. The number of amides is 2. The second-order valence-corrected chi connectivity index (χ2v) is 2.34. The van der Waals surface area contributed by atoms with E-state index < -0.39 is 12.0 Å². The van der Waals surface area contributed by atoms with Crippen LogP contribution in [0, 0.1) is 0 Å². The molecular weight excluding hydrogens is 166 g/mol. The fraction of sp³-hybridized carbons (Fsp3) is 0.667. The fourth-order valence-electron chi connectivity index (χ4n) is 0.649. The quantitative estimate of drug-likeness (QED) is 0.628. The van der Waals surface area contributed by atoms with Crippen LogP contribution < -0.4 is 0 Å². The molecule has 2 amide bonds. The highest BCUT2D eigenvalue weighted by Crippen LogP contribution is 1.95. The van der Waals surface area contributed by atoms with Crippen LogP contribution >= 0.6 is 12.6 Å². The molecule has 0 fully saturated rings. The molecule has 0 aromatic rings. The third-order valence-electron chi connectivity index (χ3n) is 1.17. The lowest BCUT2D eigenvalue weighted by atomic mass is 10.4. The van der Waals surface area contributed by atoms with Crippen LogP contribution in [-0.2, 0) is 4.79 Å². The number of nitrogens with zero attached hydrogens (tertiary/aromatic N) is 1. The van der Waals surface area contributed by atoms with Gasteiger partial charge in [0, 0.05) is 13.0 Å². The van der Waals surface area contributed by atoms with Crippen molar-refractivity contribution in [2.24, 2.45) is 0 Å². The Morgan fingerprint density at radius 2 is 2.09 bits per heavy atom. The number of hydrogen-bond acceptors (Lipinski definition) is 3. The van der Waals surface area contributed by atoms with E-state index in [1.807, 2.05) is 0 Å². The summed E-state index contributed by atoms with van der Waals surface area (Å²) < 4.78 is 0. The van der Waals surface area contributed by atoms with E-state index in [0.717, 1.165) is 4.90 Å². The van der Waals surface area contributed by atoms with Crippen LogP contribution in [0.5, 0.6) is 0 Å². The van der Waals surface area contributed by atoms with Gasteiger partial charge in [-0.3, -0.25) is 4.79 Å². The van der Waals surface area contributed by atoms with Crippen molar-refractivity contribution in [3.8, 4) is 0 Å². The van der Waals surface area contributed by atoms with Crippen LogP contribution in [0.3, 0.4) is 0 Å². The van der Waals surface area contributed by atoms with E-state index in [2.05, 4.69) is 12.6 Å². The first-order chi connectivity index (χ1) is 5.13. The molecule has 1 N–H and O–H groups in total. The van der Waals surface area contributed by atoms with Gasteiger partial charge in [0.2, 0.25) is 5.91 Å². The molecule has 0 saturated carbocycles. The minimum absolute atomic E-state index is 0.170. The predicted molar refractivity (Wildman–Crippen MR) is 43.9 cm³/mol. The maximum absolute atomic E-state index is 10.9. The Balaban J connectivity index is 4.03. The number of thiol groups is 1. The Morgan fingerprint density at radius 1 is 1.55 bits per heavy atom. The predicted octanol–water partition coefficient (Wildman–Crippen LogP) is 0.833. The summed E-state index contributed by atoms with van der Waals surface area (Å²) in [6.45, 7) is 1.81.